The first-order valence-electron chi connectivity index (χ1n) is 4.13. The van der Waals surface area contributed by atoms with Crippen LogP contribution in [0.25, 0.3) is 0 Å². The van der Waals surface area contributed by atoms with Gasteiger partial charge in [0.05, 0.1) is 12.7 Å². The van der Waals surface area contributed by atoms with Crippen LogP contribution in [0.1, 0.15) is 20.3 Å². The zero-order valence-corrected chi connectivity index (χ0v) is 8.40. The van der Waals surface area contributed by atoms with Gasteiger partial charge in [0.15, 0.2) is 0 Å². The Bertz CT molecular complexity index is 264. The third kappa shape index (κ3) is 3.47. The Morgan fingerprint density at radius 1 is 1.21 bits per heavy atom. The van der Waals surface area contributed by atoms with E-state index in [1.807, 2.05) is 0 Å². The number of hydrogen-bond acceptors (Lipinski definition) is 3. The quantitative estimate of drug-likeness (QED) is 0.515. The molecule has 0 radical (unpaired) electrons. The largest absolute Gasteiger partial charge is 0.489 e. The van der Waals surface area contributed by atoms with E-state index in [0.717, 1.165) is 7.11 Å². The molecule has 0 aromatic carbocycles. The Hall–Kier alpha value is -1.52. The molecule has 0 spiro atoms. The summed E-state index contributed by atoms with van der Waals surface area (Å²) in [5.41, 5.74) is -0.199. The molecule has 14 heavy (non-hydrogen) atoms. The van der Waals surface area contributed by atoms with Crippen molar-refractivity contribution in [2.45, 2.75) is 20.3 Å². The molecule has 0 aromatic heterocycles. The smallest absolute Gasteiger partial charge is 0.371 e. The van der Waals surface area contributed by atoms with Gasteiger partial charge >= 0.3 is 11.9 Å². The first-order valence-corrected chi connectivity index (χ1v) is 4.13. The molecular formula is C9H14O5. The predicted molar refractivity (Wildman–Crippen MR) is 48.8 cm³/mol. The number of rotatable bonds is 5. The second kappa shape index (κ2) is 5.26. The van der Waals surface area contributed by atoms with E-state index < -0.39 is 17.7 Å². The second-order valence-electron chi connectivity index (χ2n) is 3.22. The lowest BCUT2D eigenvalue weighted by atomic mass is 10.0. The van der Waals surface area contributed by atoms with Gasteiger partial charge < -0.3 is 14.9 Å². The molecular weight excluding hydrogens is 188 g/mol. The highest BCUT2D eigenvalue weighted by atomic mass is 16.5. The summed E-state index contributed by atoms with van der Waals surface area (Å²) in [6.07, 6.45) is 0.171. The summed E-state index contributed by atoms with van der Waals surface area (Å²) in [7, 11) is 1.15. The van der Waals surface area contributed by atoms with E-state index in [-0.39, 0.29) is 17.9 Å². The Morgan fingerprint density at radius 3 is 1.93 bits per heavy atom. The fourth-order valence-electron chi connectivity index (χ4n) is 1.02. The molecule has 0 aliphatic heterocycles. The number of carboxylic acid groups (broad SMARTS) is 2. The molecule has 80 valence electrons. The summed E-state index contributed by atoms with van der Waals surface area (Å²) in [5, 5.41) is 17.4. The SMILES string of the molecule is CO/C(C(=O)O)=C(\CC(C)C)C(=O)O. The summed E-state index contributed by atoms with van der Waals surface area (Å²) in [6.45, 7) is 3.61. The van der Waals surface area contributed by atoms with Crippen molar-refractivity contribution in [1.82, 2.24) is 0 Å². The van der Waals surface area contributed by atoms with Gasteiger partial charge in [-0.2, -0.15) is 0 Å². The van der Waals surface area contributed by atoms with Crippen LogP contribution in [0.4, 0.5) is 0 Å². The first-order chi connectivity index (χ1) is 6.40. The second-order valence-corrected chi connectivity index (χ2v) is 3.22. The topological polar surface area (TPSA) is 83.8 Å². The standard InChI is InChI=1S/C9H14O5/c1-5(2)4-6(8(10)11)7(14-3)9(12)13/h5H,4H2,1-3H3,(H,10,11)(H,12,13)/b7-6+. The average Bonchev–Trinajstić information content (AvgIpc) is 2.02. The fraction of sp³-hybridized carbons (Fsp3) is 0.556. The summed E-state index contributed by atoms with van der Waals surface area (Å²) < 4.78 is 4.54. The van der Waals surface area contributed by atoms with Crippen LogP contribution < -0.4 is 0 Å². The molecule has 0 rings (SSSR count). The molecule has 5 nitrogen and oxygen atoms in total. The van der Waals surface area contributed by atoms with E-state index >= 15 is 0 Å². The van der Waals surface area contributed by atoms with Crippen LogP contribution in [0.15, 0.2) is 11.3 Å². The molecule has 0 aliphatic carbocycles. The summed E-state index contributed by atoms with van der Waals surface area (Å²) in [6, 6.07) is 0. The maximum Gasteiger partial charge on any atom is 0.371 e. The van der Waals surface area contributed by atoms with Crippen molar-refractivity contribution in [3.63, 3.8) is 0 Å². The van der Waals surface area contributed by atoms with Crippen LogP contribution in [-0.2, 0) is 14.3 Å². The summed E-state index contributed by atoms with van der Waals surface area (Å²) in [5.74, 6) is -3.04. The van der Waals surface area contributed by atoms with E-state index in [1.165, 1.54) is 0 Å². The first kappa shape index (κ1) is 12.5. The molecule has 2 N–H and O–H groups in total. The third-order valence-corrected chi connectivity index (χ3v) is 1.54. The zero-order valence-electron chi connectivity index (χ0n) is 8.40. The van der Waals surface area contributed by atoms with E-state index in [0.29, 0.717) is 0 Å². The van der Waals surface area contributed by atoms with Gasteiger partial charge in [0, 0.05) is 0 Å². The Labute approximate surface area is 82.0 Å². The molecule has 0 saturated heterocycles. The Balaban J connectivity index is 5.10. The lowest BCUT2D eigenvalue weighted by Gasteiger charge is -2.09. The molecule has 0 atom stereocenters. The number of hydrogen-bond donors (Lipinski definition) is 2. The van der Waals surface area contributed by atoms with E-state index in [1.54, 1.807) is 13.8 Å². The van der Waals surface area contributed by atoms with Crippen molar-refractivity contribution >= 4 is 11.9 Å². The molecule has 0 unspecified atom stereocenters. The minimum Gasteiger partial charge on any atom is -0.489 e. The number of aliphatic carboxylic acids is 2. The van der Waals surface area contributed by atoms with Crippen molar-refractivity contribution in [3.05, 3.63) is 11.3 Å². The van der Waals surface area contributed by atoms with Crippen molar-refractivity contribution in [2.75, 3.05) is 7.11 Å². The van der Waals surface area contributed by atoms with Gasteiger partial charge in [-0.3, -0.25) is 0 Å². The van der Waals surface area contributed by atoms with Gasteiger partial charge in [0.2, 0.25) is 5.76 Å². The molecule has 0 fully saturated rings. The van der Waals surface area contributed by atoms with Gasteiger partial charge in [-0.25, -0.2) is 9.59 Å². The summed E-state index contributed by atoms with van der Waals surface area (Å²) >= 11 is 0. The molecule has 0 aliphatic rings. The van der Waals surface area contributed by atoms with Crippen LogP contribution in [0, 0.1) is 5.92 Å². The van der Waals surface area contributed by atoms with Gasteiger partial charge in [-0.15, -0.1) is 0 Å². The third-order valence-electron chi connectivity index (χ3n) is 1.54. The van der Waals surface area contributed by atoms with Crippen LogP contribution in [0.3, 0.4) is 0 Å². The number of methoxy groups -OCH3 is 1. The van der Waals surface area contributed by atoms with Crippen LogP contribution in [0.2, 0.25) is 0 Å². The summed E-state index contributed by atoms with van der Waals surface area (Å²) in [4.78, 5) is 21.4. The molecule has 0 aromatic rings. The van der Waals surface area contributed by atoms with Crippen molar-refractivity contribution in [1.29, 1.82) is 0 Å². The van der Waals surface area contributed by atoms with Crippen LogP contribution in [-0.4, -0.2) is 29.3 Å². The maximum absolute atomic E-state index is 10.7. The predicted octanol–water partition coefficient (Wildman–Crippen LogP) is 1.10. The van der Waals surface area contributed by atoms with Crippen molar-refractivity contribution in [2.24, 2.45) is 5.92 Å². The molecule has 0 bridgehead atoms. The van der Waals surface area contributed by atoms with Crippen LogP contribution in [0.5, 0.6) is 0 Å². The molecule has 0 saturated carbocycles. The van der Waals surface area contributed by atoms with E-state index in [9.17, 15) is 9.59 Å². The lowest BCUT2D eigenvalue weighted by molar-refractivity contribution is -0.139. The van der Waals surface area contributed by atoms with Gasteiger partial charge in [0.25, 0.3) is 0 Å². The van der Waals surface area contributed by atoms with E-state index in [2.05, 4.69) is 4.74 Å². The molecule has 5 heteroatoms. The van der Waals surface area contributed by atoms with Crippen LogP contribution >= 0.6 is 0 Å². The van der Waals surface area contributed by atoms with Gasteiger partial charge in [-0.1, -0.05) is 13.8 Å². The minimum absolute atomic E-state index is 0.0607. The Kier molecular flexibility index (Phi) is 4.69. The normalized spacial score (nSPS) is 12.3. The highest BCUT2D eigenvalue weighted by Crippen LogP contribution is 2.16. The van der Waals surface area contributed by atoms with Crippen molar-refractivity contribution < 1.29 is 24.5 Å². The highest BCUT2D eigenvalue weighted by molar-refractivity contribution is 5.97. The van der Waals surface area contributed by atoms with E-state index in [4.69, 9.17) is 10.2 Å². The number of carbonyl (C=O) groups is 2. The maximum atomic E-state index is 10.7. The monoisotopic (exact) mass is 202 g/mol. The fourth-order valence-corrected chi connectivity index (χ4v) is 1.02. The van der Waals surface area contributed by atoms with Gasteiger partial charge in [-0.05, 0) is 12.3 Å². The zero-order chi connectivity index (χ0) is 11.3. The number of carboxylic acids is 2. The average molecular weight is 202 g/mol. The van der Waals surface area contributed by atoms with Gasteiger partial charge in [0.1, 0.15) is 0 Å². The lowest BCUT2D eigenvalue weighted by Crippen LogP contribution is -2.14. The minimum atomic E-state index is -1.36. The molecule has 0 heterocycles. The highest BCUT2D eigenvalue weighted by Gasteiger charge is 2.21. The Morgan fingerprint density at radius 2 is 1.71 bits per heavy atom. The molecule has 0 amide bonds. The number of ether oxygens (including phenoxy) is 1. The van der Waals surface area contributed by atoms with Crippen molar-refractivity contribution in [3.8, 4) is 0 Å².